The first-order valence-electron chi connectivity index (χ1n) is 10.6. The lowest BCUT2D eigenvalue weighted by Gasteiger charge is -2.21. The molecule has 0 saturated heterocycles. The third-order valence-electron chi connectivity index (χ3n) is 4.96. The Morgan fingerprint density at radius 3 is 2.36 bits per heavy atom. The standard InChI is InChI=1S/C24H28N6O3/c1-14(2)20(29-21(31)17-11-9-15(3)10-12-17)22(32)33-13-19-27-23(25)30-24(28-19)26-18-8-6-5-7-16(18)4/h5-12,14,20H,13H2,1-4H3,(H,29,31)(H3,25,26,27,28,30)/t20-/m0/s1. The number of aromatic nitrogens is 3. The number of hydrogen-bond donors (Lipinski definition) is 3. The molecule has 0 saturated carbocycles. The second-order valence-electron chi connectivity index (χ2n) is 8.04. The number of nitrogens with zero attached hydrogens (tertiary/aromatic N) is 3. The van der Waals surface area contributed by atoms with Gasteiger partial charge < -0.3 is 21.1 Å². The number of nitrogen functional groups attached to an aromatic ring is 1. The highest BCUT2D eigenvalue weighted by Gasteiger charge is 2.26. The molecule has 3 rings (SSSR count). The van der Waals surface area contributed by atoms with Gasteiger partial charge in [0.05, 0.1) is 0 Å². The van der Waals surface area contributed by atoms with Crippen LogP contribution in [0.3, 0.4) is 0 Å². The second-order valence-corrected chi connectivity index (χ2v) is 8.04. The minimum absolute atomic E-state index is 0.000201. The first kappa shape index (κ1) is 23.6. The van der Waals surface area contributed by atoms with Gasteiger partial charge in [0.15, 0.2) is 12.4 Å². The summed E-state index contributed by atoms with van der Waals surface area (Å²) < 4.78 is 5.40. The van der Waals surface area contributed by atoms with Crippen LogP contribution in [-0.4, -0.2) is 32.9 Å². The minimum atomic E-state index is -0.831. The van der Waals surface area contributed by atoms with E-state index in [0.29, 0.717) is 5.56 Å². The third kappa shape index (κ3) is 6.49. The Morgan fingerprint density at radius 1 is 1.00 bits per heavy atom. The molecule has 1 heterocycles. The highest BCUT2D eigenvalue weighted by molar-refractivity contribution is 5.96. The van der Waals surface area contributed by atoms with E-state index in [1.165, 1.54) is 0 Å². The molecule has 0 aliphatic heterocycles. The minimum Gasteiger partial charge on any atom is -0.456 e. The quantitative estimate of drug-likeness (QED) is 0.447. The number of ether oxygens (including phenoxy) is 1. The largest absolute Gasteiger partial charge is 0.456 e. The zero-order chi connectivity index (χ0) is 24.0. The van der Waals surface area contributed by atoms with Gasteiger partial charge in [0.2, 0.25) is 11.9 Å². The monoisotopic (exact) mass is 448 g/mol. The van der Waals surface area contributed by atoms with E-state index in [1.54, 1.807) is 12.1 Å². The van der Waals surface area contributed by atoms with Gasteiger partial charge in [-0.3, -0.25) is 4.79 Å². The second kappa shape index (κ2) is 10.5. The van der Waals surface area contributed by atoms with Gasteiger partial charge in [-0.15, -0.1) is 0 Å². The number of carbonyl (C=O) groups is 2. The van der Waals surface area contributed by atoms with Gasteiger partial charge in [-0.1, -0.05) is 49.7 Å². The van der Waals surface area contributed by atoms with Gasteiger partial charge >= 0.3 is 5.97 Å². The van der Waals surface area contributed by atoms with Gasteiger partial charge in [0.1, 0.15) is 6.04 Å². The number of amides is 1. The van der Waals surface area contributed by atoms with Crippen LogP contribution in [0, 0.1) is 19.8 Å². The maximum Gasteiger partial charge on any atom is 0.329 e. The van der Waals surface area contributed by atoms with Crippen LogP contribution in [0.5, 0.6) is 0 Å². The smallest absolute Gasteiger partial charge is 0.329 e. The molecule has 1 amide bonds. The Labute approximate surface area is 192 Å². The van der Waals surface area contributed by atoms with Crippen LogP contribution < -0.4 is 16.4 Å². The van der Waals surface area contributed by atoms with Crippen LogP contribution >= 0.6 is 0 Å². The van der Waals surface area contributed by atoms with Gasteiger partial charge in [-0.25, -0.2) is 4.79 Å². The summed E-state index contributed by atoms with van der Waals surface area (Å²) in [6.07, 6.45) is 0. The Morgan fingerprint density at radius 2 is 1.70 bits per heavy atom. The van der Waals surface area contributed by atoms with Crippen molar-refractivity contribution in [2.45, 2.75) is 40.3 Å². The summed E-state index contributed by atoms with van der Waals surface area (Å²) in [5.74, 6) is -0.679. The van der Waals surface area contributed by atoms with E-state index in [1.807, 2.05) is 64.1 Å². The number of nitrogens with two attached hydrogens (primary N) is 1. The number of esters is 1. The number of para-hydroxylation sites is 1. The average Bonchev–Trinajstić information content (AvgIpc) is 2.77. The van der Waals surface area contributed by atoms with Crippen molar-refractivity contribution in [1.29, 1.82) is 0 Å². The van der Waals surface area contributed by atoms with Crippen LogP contribution in [0.15, 0.2) is 48.5 Å². The Balaban J connectivity index is 1.66. The number of rotatable bonds is 8. The van der Waals surface area contributed by atoms with E-state index in [9.17, 15) is 9.59 Å². The summed E-state index contributed by atoms with van der Waals surface area (Å²) in [4.78, 5) is 37.7. The molecule has 172 valence electrons. The van der Waals surface area contributed by atoms with Crippen molar-refractivity contribution in [2.24, 2.45) is 5.92 Å². The molecule has 1 atom stereocenters. The van der Waals surface area contributed by atoms with Gasteiger partial charge in [-0.2, -0.15) is 15.0 Å². The summed E-state index contributed by atoms with van der Waals surface area (Å²) >= 11 is 0. The topological polar surface area (TPSA) is 132 Å². The van der Waals surface area contributed by atoms with Crippen LogP contribution in [-0.2, 0) is 16.1 Å². The summed E-state index contributed by atoms with van der Waals surface area (Å²) in [6, 6.07) is 13.9. The van der Waals surface area contributed by atoms with Gasteiger partial charge in [0, 0.05) is 11.3 Å². The Hall–Kier alpha value is -4.01. The van der Waals surface area contributed by atoms with Crippen molar-refractivity contribution in [1.82, 2.24) is 20.3 Å². The SMILES string of the molecule is Cc1ccc(C(=O)N[C@H](C(=O)OCc2nc(N)nc(Nc3ccccc3C)n2)C(C)C)cc1. The Bertz CT molecular complexity index is 1130. The average molecular weight is 449 g/mol. The molecule has 9 nitrogen and oxygen atoms in total. The molecule has 0 radical (unpaired) electrons. The molecule has 2 aromatic carbocycles. The maximum absolute atomic E-state index is 12.7. The predicted molar refractivity (Wildman–Crippen MR) is 126 cm³/mol. The molecule has 0 fully saturated rings. The molecule has 33 heavy (non-hydrogen) atoms. The van der Waals surface area contributed by atoms with Crippen LogP contribution in [0.1, 0.15) is 41.2 Å². The summed E-state index contributed by atoms with van der Waals surface area (Å²) in [5, 5.41) is 5.84. The summed E-state index contributed by atoms with van der Waals surface area (Å²) in [6.45, 7) is 7.33. The highest BCUT2D eigenvalue weighted by atomic mass is 16.5. The molecule has 0 aliphatic rings. The van der Waals surface area contributed by atoms with Gasteiger partial charge in [0.25, 0.3) is 5.91 Å². The molecular formula is C24H28N6O3. The lowest BCUT2D eigenvalue weighted by Crippen LogP contribution is -2.45. The molecule has 0 unspecified atom stereocenters. The van der Waals surface area contributed by atoms with E-state index in [4.69, 9.17) is 10.5 Å². The molecule has 4 N–H and O–H groups in total. The number of nitrogens with one attached hydrogen (secondary N) is 2. The van der Waals surface area contributed by atoms with Crippen molar-refractivity contribution in [2.75, 3.05) is 11.1 Å². The highest BCUT2D eigenvalue weighted by Crippen LogP contribution is 2.18. The van der Waals surface area contributed by atoms with Crippen LogP contribution in [0.25, 0.3) is 0 Å². The van der Waals surface area contributed by atoms with E-state index >= 15 is 0 Å². The summed E-state index contributed by atoms with van der Waals surface area (Å²) in [5.41, 5.74) is 9.15. The maximum atomic E-state index is 12.7. The number of aryl methyl sites for hydroxylation is 2. The molecule has 0 spiro atoms. The molecule has 1 aromatic heterocycles. The molecular weight excluding hydrogens is 420 g/mol. The fourth-order valence-electron chi connectivity index (χ4n) is 3.04. The van der Waals surface area contributed by atoms with E-state index < -0.39 is 12.0 Å². The van der Waals surface area contributed by atoms with Crippen molar-refractivity contribution >= 4 is 29.5 Å². The van der Waals surface area contributed by atoms with E-state index in [2.05, 4.69) is 25.6 Å². The van der Waals surface area contributed by atoms with E-state index in [0.717, 1.165) is 16.8 Å². The first-order chi connectivity index (χ1) is 15.7. The molecule has 3 aromatic rings. The fraction of sp³-hybridized carbons (Fsp3) is 0.292. The summed E-state index contributed by atoms with van der Waals surface area (Å²) in [7, 11) is 0. The predicted octanol–water partition coefficient (Wildman–Crippen LogP) is 3.31. The normalized spacial score (nSPS) is 11.7. The number of benzene rings is 2. The van der Waals surface area contributed by atoms with Crippen molar-refractivity contribution in [3.05, 3.63) is 71.0 Å². The van der Waals surface area contributed by atoms with Gasteiger partial charge in [-0.05, 0) is 43.5 Å². The number of hydrogen-bond acceptors (Lipinski definition) is 8. The van der Waals surface area contributed by atoms with Crippen molar-refractivity contribution in [3.8, 4) is 0 Å². The fourth-order valence-corrected chi connectivity index (χ4v) is 3.04. The molecule has 9 heteroatoms. The Kier molecular flexibility index (Phi) is 7.55. The van der Waals surface area contributed by atoms with E-state index in [-0.39, 0.29) is 36.2 Å². The molecule has 0 bridgehead atoms. The van der Waals surface area contributed by atoms with Crippen LogP contribution in [0.2, 0.25) is 0 Å². The number of carbonyl (C=O) groups excluding carboxylic acids is 2. The lowest BCUT2D eigenvalue weighted by atomic mass is 10.0. The van der Waals surface area contributed by atoms with Crippen molar-refractivity contribution in [3.63, 3.8) is 0 Å². The number of anilines is 3. The third-order valence-corrected chi connectivity index (χ3v) is 4.96. The lowest BCUT2D eigenvalue weighted by molar-refractivity contribution is -0.148. The van der Waals surface area contributed by atoms with Crippen LogP contribution in [0.4, 0.5) is 17.6 Å². The zero-order valence-electron chi connectivity index (χ0n) is 19.1. The zero-order valence-corrected chi connectivity index (χ0v) is 19.1. The van der Waals surface area contributed by atoms with Crippen molar-refractivity contribution < 1.29 is 14.3 Å². The first-order valence-corrected chi connectivity index (χ1v) is 10.6. The molecule has 0 aliphatic carbocycles.